The lowest BCUT2D eigenvalue weighted by atomic mass is 9.83. The molecule has 0 bridgehead atoms. The summed E-state index contributed by atoms with van der Waals surface area (Å²) in [6.45, 7) is 0. The van der Waals surface area contributed by atoms with E-state index in [-0.39, 0.29) is 11.5 Å². The van der Waals surface area contributed by atoms with Crippen molar-refractivity contribution in [1.82, 2.24) is 4.57 Å². The van der Waals surface area contributed by atoms with Crippen molar-refractivity contribution < 1.29 is 18.6 Å². The number of ether oxygens (including phenoxy) is 3. The molecule has 0 saturated heterocycles. The molecule has 2 N–H and O–H groups in total. The minimum atomic E-state index is -0.533. The van der Waals surface area contributed by atoms with Crippen LogP contribution in [-0.4, -0.2) is 18.8 Å². The van der Waals surface area contributed by atoms with E-state index in [0.717, 1.165) is 5.56 Å². The monoisotopic (exact) mass is 457 g/mol. The molecule has 1 aromatic heterocycles. The maximum Gasteiger partial charge on any atom is 0.419 e. The Hall–Kier alpha value is -3.38. The minimum Gasteiger partial charge on any atom is -0.493 e. The van der Waals surface area contributed by atoms with Gasteiger partial charge >= 0.3 is 5.76 Å². The average molecular weight is 458 g/mol. The van der Waals surface area contributed by atoms with Gasteiger partial charge in [0.25, 0.3) is 0 Å². The van der Waals surface area contributed by atoms with Gasteiger partial charge in [-0.2, -0.15) is 5.26 Å². The molecule has 0 spiro atoms. The topological polar surface area (TPSA) is 113 Å². The fraction of sp³-hybridized carbons (Fsp3) is 0.200. The Bertz CT molecular complexity index is 1280. The van der Waals surface area contributed by atoms with E-state index < -0.39 is 11.7 Å². The third-order valence-electron chi connectivity index (χ3n) is 4.92. The van der Waals surface area contributed by atoms with Crippen molar-refractivity contribution in [3.8, 4) is 23.3 Å². The van der Waals surface area contributed by atoms with Gasteiger partial charge in [0.15, 0.2) is 22.8 Å². The lowest BCUT2D eigenvalue weighted by Crippen LogP contribution is -2.22. The summed E-state index contributed by atoms with van der Waals surface area (Å²) in [5.41, 5.74) is 8.61. The zero-order chi connectivity index (χ0) is 20.9. The van der Waals surface area contributed by atoms with Crippen LogP contribution in [0.25, 0.3) is 11.1 Å². The summed E-state index contributed by atoms with van der Waals surface area (Å²) in [5, 5.41) is 9.78. The predicted octanol–water partition coefficient (Wildman–Crippen LogP) is 3.13. The van der Waals surface area contributed by atoms with Crippen LogP contribution in [0, 0.1) is 11.3 Å². The number of hydrogen-bond donors (Lipinski definition) is 1. The lowest BCUT2D eigenvalue weighted by molar-refractivity contribution is 0.352. The van der Waals surface area contributed by atoms with Crippen molar-refractivity contribution in [3.63, 3.8) is 0 Å². The first kappa shape index (κ1) is 19.0. The fourth-order valence-corrected chi connectivity index (χ4v) is 4.21. The molecule has 0 fully saturated rings. The molecule has 1 atom stereocenters. The van der Waals surface area contributed by atoms with Crippen LogP contribution in [-0.2, 0) is 7.05 Å². The highest BCUT2D eigenvalue weighted by Crippen LogP contribution is 2.47. The summed E-state index contributed by atoms with van der Waals surface area (Å²) in [6.07, 6.45) is 0. The smallest absolute Gasteiger partial charge is 0.419 e. The highest BCUT2D eigenvalue weighted by Gasteiger charge is 2.34. The molecular formula is C20H16BrN3O5. The van der Waals surface area contributed by atoms with Gasteiger partial charge in [0.2, 0.25) is 5.88 Å². The van der Waals surface area contributed by atoms with Gasteiger partial charge in [-0.1, -0.05) is 6.07 Å². The third-order valence-corrected chi connectivity index (χ3v) is 5.51. The van der Waals surface area contributed by atoms with Gasteiger partial charge in [0.1, 0.15) is 17.2 Å². The van der Waals surface area contributed by atoms with E-state index in [1.807, 2.05) is 6.07 Å². The first-order valence-corrected chi connectivity index (χ1v) is 9.32. The number of rotatable bonds is 3. The second-order valence-electron chi connectivity index (χ2n) is 6.42. The van der Waals surface area contributed by atoms with Crippen LogP contribution in [0.1, 0.15) is 17.0 Å². The summed E-state index contributed by atoms with van der Waals surface area (Å²) in [7, 11) is 4.66. The van der Waals surface area contributed by atoms with Gasteiger partial charge in [0.05, 0.1) is 24.6 Å². The van der Waals surface area contributed by atoms with Crippen LogP contribution in [0.5, 0.6) is 17.2 Å². The summed E-state index contributed by atoms with van der Waals surface area (Å²) >= 11 is 3.49. The van der Waals surface area contributed by atoms with Gasteiger partial charge in [0, 0.05) is 12.6 Å². The summed E-state index contributed by atoms with van der Waals surface area (Å²) in [6, 6.07) is 9.21. The molecule has 1 aliphatic rings. The van der Waals surface area contributed by atoms with Crippen molar-refractivity contribution in [3.05, 3.63) is 61.9 Å². The number of nitrogens with zero attached hydrogens (tertiary/aromatic N) is 2. The number of allylic oxidation sites excluding steroid dienone is 1. The molecule has 9 heteroatoms. The second-order valence-corrected chi connectivity index (χ2v) is 7.28. The van der Waals surface area contributed by atoms with Crippen LogP contribution in [0.2, 0.25) is 0 Å². The first-order chi connectivity index (χ1) is 13.9. The molecule has 0 saturated carbocycles. The average Bonchev–Trinajstić information content (AvgIpc) is 3.00. The molecular weight excluding hydrogens is 442 g/mol. The molecule has 0 amide bonds. The Morgan fingerprint density at radius 3 is 2.69 bits per heavy atom. The van der Waals surface area contributed by atoms with Crippen molar-refractivity contribution in [1.29, 1.82) is 5.26 Å². The molecule has 3 aromatic rings. The van der Waals surface area contributed by atoms with Crippen molar-refractivity contribution >= 4 is 27.0 Å². The number of nitrogens with two attached hydrogens (primary N) is 1. The Kier molecular flexibility index (Phi) is 4.51. The largest absolute Gasteiger partial charge is 0.493 e. The van der Waals surface area contributed by atoms with E-state index in [9.17, 15) is 10.1 Å². The maximum atomic E-state index is 12.0. The number of benzene rings is 2. The second kappa shape index (κ2) is 6.90. The molecule has 0 radical (unpaired) electrons. The molecule has 1 aliphatic heterocycles. The van der Waals surface area contributed by atoms with Crippen molar-refractivity contribution in [2.75, 3.05) is 14.2 Å². The highest BCUT2D eigenvalue weighted by molar-refractivity contribution is 9.10. The van der Waals surface area contributed by atoms with Crippen LogP contribution in [0.15, 0.2) is 49.4 Å². The molecule has 2 aromatic carbocycles. The molecule has 148 valence electrons. The number of methoxy groups -OCH3 is 2. The summed E-state index contributed by atoms with van der Waals surface area (Å²) < 4.78 is 23.9. The molecule has 8 nitrogen and oxygen atoms in total. The Labute approximate surface area is 173 Å². The third kappa shape index (κ3) is 2.76. The lowest BCUT2D eigenvalue weighted by Gasteiger charge is -2.27. The highest BCUT2D eigenvalue weighted by atomic mass is 79.9. The van der Waals surface area contributed by atoms with Gasteiger partial charge in [-0.15, -0.1) is 0 Å². The molecule has 4 rings (SSSR count). The standard InChI is InChI=1S/C20H16BrN3O5/c1-24-16-13(28-20(24)25)5-4-10-15(11(8-22)19(23)29-17(10)16)9-6-12(21)18(27-3)14(7-9)26-2/h4-7,15H,23H2,1-3H3. The van der Waals surface area contributed by atoms with Crippen LogP contribution in [0.4, 0.5) is 0 Å². The first-order valence-electron chi connectivity index (χ1n) is 8.52. The van der Waals surface area contributed by atoms with Crippen molar-refractivity contribution in [2.24, 2.45) is 12.8 Å². The SMILES string of the molecule is COc1cc(C2C(C#N)=C(N)Oc3c2ccc2oc(=O)n(C)c32)cc(Br)c1OC. The van der Waals surface area contributed by atoms with E-state index in [4.69, 9.17) is 24.4 Å². The fourth-order valence-electron chi connectivity index (χ4n) is 3.59. The van der Waals surface area contributed by atoms with Crippen LogP contribution >= 0.6 is 15.9 Å². The number of halogens is 1. The maximum absolute atomic E-state index is 12.0. The number of aromatic nitrogens is 1. The Morgan fingerprint density at radius 1 is 1.28 bits per heavy atom. The summed E-state index contributed by atoms with van der Waals surface area (Å²) in [5.74, 6) is 0.329. The summed E-state index contributed by atoms with van der Waals surface area (Å²) in [4.78, 5) is 12.0. The number of aryl methyl sites for hydroxylation is 1. The van der Waals surface area contributed by atoms with Crippen LogP contribution < -0.4 is 25.7 Å². The zero-order valence-electron chi connectivity index (χ0n) is 15.8. The van der Waals surface area contributed by atoms with Gasteiger partial charge in [-0.25, -0.2) is 4.79 Å². The Morgan fingerprint density at radius 2 is 2.03 bits per heavy atom. The van der Waals surface area contributed by atoms with Crippen molar-refractivity contribution in [2.45, 2.75) is 5.92 Å². The number of nitriles is 1. The minimum absolute atomic E-state index is 0.0305. The van der Waals surface area contributed by atoms with E-state index in [2.05, 4.69) is 22.0 Å². The van der Waals surface area contributed by atoms with E-state index in [1.165, 1.54) is 11.7 Å². The molecule has 0 aliphatic carbocycles. The Balaban J connectivity index is 2.04. The van der Waals surface area contributed by atoms with Gasteiger partial charge < -0.3 is 24.4 Å². The number of hydrogen-bond acceptors (Lipinski definition) is 7. The quantitative estimate of drug-likeness (QED) is 0.642. The predicted molar refractivity (Wildman–Crippen MR) is 108 cm³/mol. The number of oxazole rings is 1. The van der Waals surface area contributed by atoms with Gasteiger partial charge in [-0.05, 0) is 39.7 Å². The van der Waals surface area contributed by atoms with Gasteiger partial charge in [-0.3, -0.25) is 4.57 Å². The molecule has 1 unspecified atom stereocenters. The number of fused-ring (bicyclic) bond motifs is 3. The van der Waals surface area contributed by atoms with Crippen LogP contribution in [0.3, 0.4) is 0 Å². The molecule has 2 heterocycles. The molecule has 29 heavy (non-hydrogen) atoms. The van der Waals surface area contributed by atoms with E-state index >= 15 is 0 Å². The zero-order valence-corrected chi connectivity index (χ0v) is 17.4. The van der Waals surface area contributed by atoms with E-state index in [0.29, 0.717) is 38.4 Å². The van der Waals surface area contributed by atoms with E-state index in [1.54, 1.807) is 32.4 Å². The normalized spacial score (nSPS) is 15.6.